The first-order chi connectivity index (χ1) is 24.7. The highest BCUT2D eigenvalue weighted by atomic mass is 35.5. The van der Waals surface area contributed by atoms with E-state index in [0.29, 0.717) is 76.1 Å². The lowest BCUT2D eigenvalue weighted by Crippen LogP contribution is -3.17. The predicted molar refractivity (Wildman–Crippen MR) is 192 cm³/mol. The smallest absolute Gasteiger partial charge is 0.410 e. The fourth-order valence-corrected chi connectivity index (χ4v) is 8.48. The lowest BCUT2D eigenvalue weighted by molar-refractivity contribution is -0.829. The average molecular weight is 725 g/mol. The van der Waals surface area contributed by atoms with Crippen LogP contribution >= 0.6 is 11.6 Å². The van der Waals surface area contributed by atoms with Crippen molar-refractivity contribution in [3.8, 4) is 5.75 Å². The second-order valence-electron chi connectivity index (χ2n) is 14.3. The summed E-state index contributed by atoms with van der Waals surface area (Å²) in [5, 5.41) is 13.2. The van der Waals surface area contributed by atoms with Crippen LogP contribution in [0, 0.1) is 11.8 Å². The molecular weight excluding hydrogens is 674 g/mol. The first-order valence-corrected chi connectivity index (χ1v) is 18.9. The summed E-state index contributed by atoms with van der Waals surface area (Å²) in [6.45, 7) is 7.10. The number of amides is 4. The average Bonchev–Trinajstić information content (AvgIpc) is 3.31. The third-order valence-corrected chi connectivity index (χ3v) is 11.5. The lowest BCUT2D eigenvalue weighted by atomic mass is 9.78. The van der Waals surface area contributed by atoms with Crippen LogP contribution in [0.3, 0.4) is 0 Å². The highest BCUT2D eigenvalue weighted by molar-refractivity contribution is 6.32. The molecule has 0 aromatic heterocycles. The number of piperidine rings is 3. The van der Waals surface area contributed by atoms with Gasteiger partial charge in [-0.05, 0) is 93.3 Å². The van der Waals surface area contributed by atoms with Gasteiger partial charge in [0, 0.05) is 50.6 Å². The van der Waals surface area contributed by atoms with Gasteiger partial charge in [-0.15, -0.1) is 0 Å². The Balaban J connectivity index is 1.03. The molecule has 4 heterocycles. The molecular formula is C38H51ClN5O7+. The molecule has 3 fully saturated rings. The topological polar surface area (TPSA) is 133 Å². The Hall–Kier alpha value is -3.87. The molecule has 4 amide bonds. The molecule has 1 atom stereocenters. The first-order valence-electron chi connectivity index (χ1n) is 18.5. The van der Waals surface area contributed by atoms with Crippen molar-refractivity contribution in [2.75, 3.05) is 64.3 Å². The number of phenolic OH excluding ortho intramolecular Hbond substituents is 1. The number of nitrogens with one attached hydrogen (secondary N) is 2. The molecule has 3 N–H and O–H groups in total. The Kier molecular flexibility index (Phi) is 12.4. The maximum Gasteiger partial charge on any atom is 0.410 e. The minimum Gasteiger partial charge on any atom is -0.506 e. The molecule has 2 aromatic carbocycles. The monoisotopic (exact) mass is 724 g/mol. The van der Waals surface area contributed by atoms with E-state index in [1.165, 1.54) is 6.07 Å². The van der Waals surface area contributed by atoms with Crippen LogP contribution in [0.15, 0.2) is 42.5 Å². The number of urea groups is 1. The van der Waals surface area contributed by atoms with Crippen LogP contribution in [0.4, 0.5) is 15.3 Å². The van der Waals surface area contributed by atoms with Crippen LogP contribution in [0.5, 0.6) is 5.75 Å². The molecule has 4 aliphatic rings. The largest absolute Gasteiger partial charge is 0.506 e. The van der Waals surface area contributed by atoms with Crippen molar-refractivity contribution in [2.45, 2.75) is 70.4 Å². The summed E-state index contributed by atoms with van der Waals surface area (Å²) < 4.78 is 11.1. The van der Waals surface area contributed by atoms with Crippen LogP contribution in [-0.2, 0) is 31.9 Å². The second kappa shape index (κ2) is 17.1. The Morgan fingerprint density at radius 3 is 2.37 bits per heavy atom. The van der Waals surface area contributed by atoms with Crippen molar-refractivity contribution in [1.29, 1.82) is 0 Å². The second-order valence-corrected chi connectivity index (χ2v) is 14.7. The number of hydrogen-bond acceptors (Lipinski definition) is 8. The number of phenols is 1. The van der Waals surface area contributed by atoms with E-state index >= 15 is 0 Å². The molecule has 4 aliphatic heterocycles. The van der Waals surface area contributed by atoms with Crippen LogP contribution in [-0.4, -0.2) is 115 Å². The van der Waals surface area contributed by atoms with E-state index in [1.807, 2.05) is 36.1 Å². The highest BCUT2D eigenvalue weighted by Crippen LogP contribution is 2.31. The maximum atomic E-state index is 14.1. The van der Waals surface area contributed by atoms with E-state index in [-0.39, 0.29) is 41.1 Å². The van der Waals surface area contributed by atoms with Gasteiger partial charge in [-0.3, -0.25) is 14.6 Å². The maximum absolute atomic E-state index is 14.1. The van der Waals surface area contributed by atoms with Gasteiger partial charge < -0.3 is 29.7 Å². The van der Waals surface area contributed by atoms with Crippen molar-refractivity contribution >= 4 is 41.3 Å². The van der Waals surface area contributed by atoms with Crippen molar-refractivity contribution in [3.05, 3.63) is 58.6 Å². The van der Waals surface area contributed by atoms with Gasteiger partial charge in [0.1, 0.15) is 5.75 Å². The number of nitrogens with zero attached hydrogens (tertiary/aromatic N) is 3. The van der Waals surface area contributed by atoms with Gasteiger partial charge in [0.15, 0.2) is 0 Å². The summed E-state index contributed by atoms with van der Waals surface area (Å²) in [5.41, 5.74) is 2.65. The van der Waals surface area contributed by atoms with Gasteiger partial charge in [-0.2, -0.15) is 0 Å². The number of carbonyl (C=O) groups is 4. The lowest BCUT2D eigenvalue weighted by Gasteiger charge is -2.39. The molecule has 0 aliphatic carbocycles. The number of quaternary nitrogens is 1. The van der Waals surface area contributed by atoms with Crippen molar-refractivity contribution in [3.63, 3.8) is 0 Å². The molecule has 12 nitrogen and oxygen atoms in total. The van der Waals surface area contributed by atoms with Crippen LogP contribution in [0.2, 0.25) is 5.02 Å². The summed E-state index contributed by atoms with van der Waals surface area (Å²) in [4.78, 5) is 59.1. The zero-order chi connectivity index (χ0) is 35.9. The fraction of sp³-hybridized carbons (Fsp3) is 0.579. The van der Waals surface area contributed by atoms with E-state index in [4.69, 9.17) is 21.1 Å². The minimum atomic E-state index is -1.01. The van der Waals surface area contributed by atoms with Crippen molar-refractivity contribution in [1.82, 2.24) is 14.7 Å². The van der Waals surface area contributed by atoms with Gasteiger partial charge in [-0.1, -0.05) is 35.9 Å². The number of ether oxygens (including phenoxy) is 2. The van der Waals surface area contributed by atoms with Gasteiger partial charge in [-0.25, -0.2) is 14.4 Å². The number of benzene rings is 2. The predicted octanol–water partition coefficient (Wildman–Crippen LogP) is 3.74. The number of hydrogen-bond donors (Lipinski definition) is 3. The third kappa shape index (κ3) is 9.33. The molecule has 0 radical (unpaired) electrons. The molecule has 6 rings (SSSR count). The Bertz CT molecular complexity index is 1550. The van der Waals surface area contributed by atoms with Crippen LogP contribution in [0.25, 0.3) is 0 Å². The minimum absolute atomic E-state index is 0.00419. The zero-order valence-corrected chi connectivity index (χ0v) is 30.2. The molecule has 0 unspecified atom stereocenters. The number of esters is 1. The standard InChI is InChI=1S/C38H50ClN5O7/c1-2-50-35(46)25-41-16-9-27(10-17-41)28-11-18-42(19-12-28)36(47)34(24-26-7-8-33(45)31(39)23-26)51-38(49)43-20-14-30(15-21-43)44-22-13-29-5-3-4-6-32(29)40-37(44)48/h3-8,23,27-28,30,34,45H,2,9-22,24-25H2,1H3,(H,40,48)/p+1/t34-/m1/s1. The summed E-state index contributed by atoms with van der Waals surface area (Å²) in [7, 11) is 0. The van der Waals surface area contributed by atoms with Gasteiger partial charge in [0.2, 0.25) is 6.10 Å². The van der Waals surface area contributed by atoms with Gasteiger partial charge in [0.25, 0.3) is 0 Å². The normalized spacial score (nSPS) is 22.7. The Morgan fingerprint density at radius 2 is 1.67 bits per heavy atom. The molecule has 2 aromatic rings. The highest BCUT2D eigenvalue weighted by Gasteiger charge is 2.40. The first kappa shape index (κ1) is 36.9. The Labute approximate surface area is 305 Å². The molecule has 0 bridgehead atoms. The van der Waals surface area contributed by atoms with E-state index in [1.54, 1.807) is 17.0 Å². The number of anilines is 1. The van der Waals surface area contributed by atoms with Crippen molar-refractivity contribution < 1.29 is 38.7 Å². The van der Waals surface area contributed by atoms with E-state index in [2.05, 4.69) is 10.2 Å². The number of carbonyl (C=O) groups excluding carboxylic acids is 4. The summed E-state index contributed by atoms with van der Waals surface area (Å²) in [6, 6.07) is 12.5. The summed E-state index contributed by atoms with van der Waals surface area (Å²) >= 11 is 6.20. The molecule has 0 spiro atoms. The molecule has 13 heteroatoms. The number of fused-ring (bicyclic) bond motifs is 1. The Morgan fingerprint density at radius 1 is 0.961 bits per heavy atom. The molecule has 51 heavy (non-hydrogen) atoms. The molecule has 276 valence electrons. The SMILES string of the molecule is CCOC(=O)CN1CCC(C2CC[NH+](C(=O)[C@@H](Cc3ccc(O)c(Cl)c3)OC(=O)N3CCC(N4CCc5ccccc5NC4=O)CC3)CC2)CC1. The van der Waals surface area contributed by atoms with Crippen LogP contribution in [0.1, 0.15) is 56.6 Å². The number of halogens is 1. The summed E-state index contributed by atoms with van der Waals surface area (Å²) in [6.07, 6.45) is 4.49. The quantitative estimate of drug-likeness (QED) is 0.334. The number of likely N-dealkylation sites (tertiary alicyclic amines) is 3. The molecule has 3 saturated heterocycles. The van der Waals surface area contributed by atoms with E-state index in [9.17, 15) is 24.3 Å². The van der Waals surface area contributed by atoms with Gasteiger partial charge in [0.05, 0.1) is 31.3 Å². The number of rotatable bonds is 9. The van der Waals surface area contributed by atoms with Gasteiger partial charge >= 0.3 is 24.0 Å². The zero-order valence-electron chi connectivity index (χ0n) is 29.5. The fourth-order valence-electron chi connectivity index (χ4n) is 8.28. The van der Waals surface area contributed by atoms with Crippen LogP contribution < -0.4 is 10.2 Å². The van der Waals surface area contributed by atoms with Crippen molar-refractivity contribution in [2.24, 2.45) is 11.8 Å². The number of para-hydroxylation sites is 1. The number of aromatic hydroxyl groups is 1. The van der Waals surface area contributed by atoms with E-state index in [0.717, 1.165) is 61.3 Å². The molecule has 0 saturated carbocycles. The summed E-state index contributed by atoms with van der Waals surface area (Å²) in [5.74, 6) is 0.709. The third-order valence-electron chi connectivity index (χ3n) is 11.2. The van der Waals surface area contributed by atoms with E-state index < -0.39 is 12.2 Å².